The summed E-state index contributed by atoms with van der Waals surface area (Å²) in [6, 6.07) is 17.6. The molecule has 1 radical (unpaired) electrons. The van der Waals surface area contributed by atoms with Crippen molar-refractivity contribution in [1.82, 2.24) is 10.2 Å². The third-order valence-corrected chi connectivity index (χ3v) is 5.09. The van der Waals surface area contributed by atoms with Crippen molar-refractivity contribution in [3.63, 3.8) is 0 Å². The summed E-state index contributed by atoms with van der Waals surface area (Å²) >= 11 is 0. The smallest absolute Gasteiger partial charge is 0.408 e. The molecule has 2 aromatic rings. The molecule has 0 unspecified atom stereocenters. The number of carbonyl (C=O) groups is 3. The number of amides is 2. The molecule has 1 N–H and O–H groups in total. The highest BCUT2D eigenvalue weighted by atomic mass is 16.5. The molecule has 6 nitrogen and oxygen atoms in total. The molecule has 1 aliphatic heterocycles. The molecule has 0 aliphatic carbocycles. The molecule has 1 fully saturated rings. The van der Waals surface area contributed by atoms with Gasteiger partial charge < -0.3 is 10.1 Å². The molecule has 29 heavy (non-hydrogen) atoms. The van der Waals surface area contributed by atoms with Crippen LogP contribution in [0.3, 0.4) is 0 Å². The van der Waals surface area contributed by atoms with Gasteiger partial charge in [0, 0.05) is 26.2 Å². The van der Waals surface area contributed by atoms with Crippen molar-refractivity contribution in [3.05, 3.63) is 71.8 Å². The second-order valence-corrected chi connectivity index (χ2v) is 7.25. The highest BCUT2D eigenvalue weighted by Crippen LogP contribution is 2.18. The van der Waals surface area contributed by atoms with Crippen LogP contribution >= 0.6 is 0 Å². The summed E-state index contributed by atoms with van der Waals surface area (Å²) in [6.45, 7) is 2.15. The summed E-state index contributed by atoms with van der Waals surface area (Å²) < 4.78 is 5.30. The second-order valence-electron chi connectivity index (χ2n) is 7.25. The van der Waals surface area contributed by atoms with E-state index in [2.05, 4.69) is 5.32 Å². The maximum absolute atomic E-state index is 13.2. The monoisotopic (exact) mass is 394 g/mol. The number of ether oxygens (including phenoxy) is 1. The molecule has 1 aliphatic rings. The number of Topliss-reactive ketones (excluding diaryl/α,β-unsaturated/α-hetero) is 1. The Kier molecular flexibility index (Phi) is 7.14. The second kappa shape index (κ2) is 9.98. The third-order valence-electron chi connectivity index (χ3n) is 5.09. The van der Waals surface area contributed by atoms with Crippen molar-refractivity contribution in [1.29, 1.82) is 0 Å². The van der Waals surface area contributed by atoms with Gasteiger partial charge >= 0.3 is 12.0 Å². The zero-order valence-corrected chi connectivity index (χ0v) is 16.5. The van der Waals surface area contributed by atoms with E-state index in [1.54, 1.807) is 4.90 Å². The van der Waals surface area contributed by atoms with Gasteiger partial charge in [-0.1, -0.05) is 65.6 Å². The number of alkyl carbamates (subject to hydrolysis) is 1. The molecule has 0 aromatic heterocycles. The molecule has 151 valence electrons. The van der Waals surface area contributed by atoms with Crippen molar-refractivity contribution in [2.75, 3.05) is 6.54 Å². The van der Waals surface area contributed by atoms with Crippen LogP contribution in [-0.2, 0) is 27.4 Å². The average molecular weight is 394 g/mol. The zero-order chi connectivity index (χ0) is 20.6. The third kappa shape index (κ3) is 5.74. The van der Waals surface area contributed by atoms with E-state index in [1.807, 2.05) is 60.7 Å². The quantitative estimate of drug-likeness (QED) is 0.733. The van der Waals surface area contributed by atoms with Crippen LogP contribution in [0, 0.1) is 0 Å². The lowest BCUT2D eigenvalue weighted by Gasteiger charge is -2.19. The van der Waals surface area contributed by atoms with Crippen LogP contribution in [0.2, 0.25) is 0 Å². The summed E-state index contributed by atoms with van der Waals surface area (Å²) in [5.41, 5.74) is 1.79. The van der Waals surface area contributed by atoms with Crippen LogP contribution in [-0.4, -0.2) is 36.4 Å². The van der Waals surface area contributed by atoms with E-state index in [9.17, 15) is 14.4 Å². The number of hydrogen-bond acceptors (Lipinski definition) is 4. The van der Waals surface area contributed by atoms with Crippen LogP contribution in [0.1, 0.15) is 30.9 Å². The fourth-order valence-electron chi connectivity index (χ4n) is 3.61. The topological polar surface area (TPSA) is 78.4 Å². The van der Waals surface area contributed by atoms with Crippen LogP contribution in [0.15, 0.2) is 60.7 Å². The molecule has 1 saturated heterocycles. The Morgan fingerprint density at radius 3 is 2.28 bits per heavy atom. The Balaban J connectivity index is 1.69. The first-order valence-corrected chi connectivity index (χ1v) is 9.86. The number of benzene rings is 2. The van der Waals surface area contributed by atoms with Crippen LogP contribution in [0.25, 0.3) is 0 Å². The van der Waals surface area contributed by atoms with Crippen LogP contribution < -0.4 is 10.2 Å². The standard InChI is InChI=1S/C23H26N2O4/c1-17(26)21-13-8-14-25(21)22(27)20(15-18-9-4-2-5-10-18)24-23(28)29-16-19-11-6-3-7-12-19/h2-7,9-12,20-21H,8,13-16H2,1H3,(H,24,28)/q+1/t20-,21+/m1/s1. The van der Waals surface area contributed by atoms with E-state index in [4.69, 9.17) is 4.74 Å². The average Bonchev–Trinajstić information content (AvgIpc) is 3.23. The first-order valence-electron chi connectivity index (χ1n) is 9.86. The molecule has 2 amide bonds. The normalized spacial score (nSPS) is 17.5. The molecule has 3 rings (SSSR count). The molecular weight excluding hydrogens is 368 g/mol. The minimum Gasteiger partial charge on any atom is -0.445 e. The maximum Gasteiger partial charge on any atom is 0.408 e. The maximum atomic E-state index is 13.2. The molecule has 0 spiro atoms. The Hall–Kier alpha value is -2.99. The number of hydrogen-bond donors (Lipinski definition) is 1. The number of nitrogens with zero attached hydrogens (tertiary/aromatic N) is 1. The molecule has 1 heterocycles. The van der Waals surface area contributed by atoms with E-state index >= 15 is 0 Å². The molecular formula is C23H26N2O4+. The molecule has 2 atom stereocenters. The van der Waals surface area contributed by atoms with Gasteiger partial charge in [0.25, 0.3) is 0 Å². The predicted molar refractivity (Wildman–Crippen MR) is 109 cm³/mol. The largest absolute Gasteiger partial charge is 0.445 e. The van der Waals surface area contributed by atoms with E-state index < -0.39 is 18.2 Å². The van der Waals surface area contributed by atoms with Gasteiger partial charge in [-0.05, 0) is 11.1 Å². The van der Waals surface area contributed by atoms with E-state index in [0.29, 0.717) is 19.4 Å². The van der Waals surface area contributed by atoms with E-state index in [-0.39, 0.29) is 18.3 Å². The van der Waals surface area contributed by atoms with E-state index in [1.165, 1.54) is 6.92 Å². The Morgan fingerprint density at radius 1 is 1.03 bits per heavy atom. The van der Waals surface area contributed by atoms with Gasteiger partial charge in [0.05, 0.1) is 0 Å². The van der Waals surface area contributed by atoms with Crippen molar-refractivity contribution in [2.45, 2.75) is 44.9 Å². The molecule has 0 bridgehead atoms. The SMILES string of the molecule is CC(=O)[C@@H]1CCC[N+]1C(=O)[C@@H](Cc1ccccc1)NC(=O)OCc1ccccc1. The highest BCUT2D eigenvalue weighted by Gasteiger charge is 2.46. The summed E-state index contributed by atoms with van der Waals surface area (Å²) in [7, 11) is 0. The number of ketones is 1. The van der Waals surface area contributed by atoms with Crippen LogP contribution in [0.5, 0.6) is 0 Å². The number of likely N-dealkylation sites (tertiary alicyclic amines) is 1. The van der Waals surface area contributed by atoms with Gasteiger partial charge in [0.15, 0.2) is 17.9 Å². The van der Waals surface area contributed by atoms with Gasteiger partial charge in [0.2, 0.25) is 0 Å². The van der Waals surface area contributed by atoms with Crippen molar-refractivity contribution < 1.29 is 19.1 Å². The lowest BCUT2D eigenvalue weighted by Crippen LogP contribution is -2.55. The van der Waals surface area contributed by atoms with Gasteiger partial charge in [-0.2, -0.15) is 0 Å². The van der Waals surface area contributed by atoms with Crippen molar-refractivity contribution in [3.8, 4) is 0 Å². The Morgan fingerprint density at radius 2 is 1.66 bits per heavy atom. The van der Waals surface area contributed by atoms with Gasteiger partial charge in [-0.3, -0.25) is 4.79 Å². The first kappa shape index (κ1) is 20.7. The fraction of sp³-hybridized carbons (Fsp3) is 0.348. The van der Waals surface area contributed by atoms with Gasteiger partial charge in [0.1, 0.15) is 13.2 Å². The fourth-order valence-corrected chi connectivity index (χ4v) is 3.61. The lowest BCUT2D eigenvalue weighted by molar-refractivity contribution is -0.132. The summed E-state index contributed by atoms with van der Waals surface area (Å²) in [6.07, 6.45) is 1.13. The van der Waals surface area contributed by atoms with Gasteiger partial charge in [-0.25, -0.2) is 9.59 Å². The van der Waals surface area contributed by atoms with E-state index in [0.717, 1.165) is 17.5 Å². The number of nitrogens with one attached hydrogen (secondary N) is 1. The molecule has 2 aromatic carbocycles. The molecule has 6 heteroatoms. The van der Waals surface area contributed by atoms with Gasteiger partial charge in [-0.15, -0.1) is 0 Å². The predicted octanol–water partition coefficient (Wildman–Crippen LogP) is 2.94. The molecule has 0 saturated carbocycles. The zero-order valence-electron chi connectivity index (χ0n) is 16.5. The number of rotatable bonds is 7. The minimum atomic E-state index is -0.791. The summed E-state index contributed by atoms with van der Waals surface area (Å²) in [5.74, 6) is -0.274. The summed E-state index contributed by atoms with van der Waals surface area (Å²) in [5, 5.41) is 2.71. The minimum absolute atomic E-state index is 0.0269. The Bertz CT molecular complexity index is 838. The highest BCUT2D eigenvalue weighted by molar-refractivity contribution is 5.93. The van der Waals surface area contributed by atoms with Crippen LogP contribution in [0.4, 0.5) is 4.79 Å². The Labute approximate surface area is 170 Å². The first-order chi connectivity index (χ1) is 14.0. The van der Waals surface area contributed by atoms with Crippen molar-refractivity contribution >= 4 is 17.8 Å². The number of carbonyl (C=O) groups excluding carboxylic acids is 3. The summed E-state index contributed by atoms with van der Waals surface area (Å²) in [4.78, 5) is 39.1. The lowest BCUT2D eigenvalue weighted by atomic mass is 10.0. The van der Waals surface area contributed by atoms with Crippen molar-refractivity contribution in [2.24, 2.45) is 0 Å².